The summed E-state index contributed by atoms with van der Waals surface area (Å²) in [6.45, 7) is 2.16. The molecule has 1 N–H and O–H groups in total. The first kappa shape index (κ1) is 11.6. The van der Waals surface area contributed by atoms with E-state index in [1.54, 1.807) is 37.3 Å². The van der Waals surface area contributed by atoms with Gasteiger partial charge in [-0.3, -0.25) is 0 Å². The number of carbonyl (C=O) groups is 1. The zero-order valence-corrected chi connectivity index (χ0v) is 7.64. The summed E-state index contributed by atoms with van der Waals surface area (Å²) in [6, 6.07) is 0. The van der Waals surface area contributed by atoms with Crippen molar-refractivity contribution in [2.75, 3.05) is 13.2 Å². The number of hydrogen-bond donors (Lipinski definition) is 1. The number of ether oxygens (including phenoxy) is 1. The SMILES string of the molecule is CCOC(=O)/C=C/C=C/C=C/CO. The molecule has 3 heteroatoms. The van der Waals surface area contributed by atoms with E-state index in [0.29, 0.717) is 6.61 Å². The Balaban J connectivity index is 3.67. The van der Waals surface area contributed by atoms with Gasteiger partial charge >= 0.3 is 5.97 Å². The van der Waals surface area contributed by atoms with E-state index in [1.165, 1.54) is 6.08 Å². The number of allylic oxidation sites excluding steroid dienone is 4. The minimum atomic E-state index is -0.349. The van der Waals surface area contributed by atoms with Crippen LogP contribution in [0.3, 0.4) is 0 Å². The van der Waals surface area contributed by atoms with Crippen LogP contribution in [0.4, 0.5) is 0 Å². The van der Waals surface area contributed by atoms with E-state index in [9.17, 15) is 4.79 Å². The largest absolute Gasteiger partial charge is 0.463 e. The lowest BCUT2D eigenvalue weighted by molar-refractivity contribution is -0.137. The summed E-state index contributed by atoms with van der Waals surface area (Å²) in [4.78, 5) is 10.7. The van der Waals surface area contributed by atoms with Gasteiger partial charge in [-0.25, -0.2) is 4.79 Å². The van der Waals surface area contributed by atoms with Crippen LogP contribution in [0.25, 0.3) is 0 Å². The molecule has 72 valence electrons. The van der Waals surface area contributed by atoms with Gasteiger partial charge in [0.1, 0.15) is 0 Å². The van der Waals surface area contributed by atoms with Gasteiger partial charge in [-0.15, -0.1) is 0 Å². The third kappa shape index (κ3) is 8.56. The molecule has 0 aromatic carbocycles. The van der Waals surface area contributed by atoms with Crippen molar-refractivity contribution >= 4 is 5.97 Å². The number of hydrogen-bond acceptors (Lipinski definition) is 3. The first-order chi connectivity index (χ1) is 6.31. The van der Waals surface area contributed by atoms with E-state index < -0.39 is 0 Å². The van der Waals surface area contributed by atoms with Gasteiger partial charge in [-0.2, -0.15) is 0 Å². The fourth-order valence-corrected chi connectivity index (χ4v) is 0.592. The van der Waals surface area contributed by atoms with Gasteiger partial charge in [0.05, 0.1) is 13.2 Å². The van der Waals surface area contributed by atoms with Crippen molar-refractivity contribution in [3.05, 3.63) is 36.5 Å². The molecule has 0 fully saturated rings. The van der Waals surface area contributed by atoms with Gasteiger partial charge in [0.15, 0.2) is 0 Å². The maximum Gasteiger partial charge on any atom is 0.330 e. The Hall–Kier alpha value is -1.35. The molecule has 0 amide bonds. The van der Waals surface area contributed by atoms with Crippen LogP contribution in [0.5, 0.6) is 0 Å². The fourth-order valence-electron chi connectivity index (χ4n) is 0.592. The summed E-state index contributed by atoms with van der Waals surface area (Å²) >= 11 is 0. The van der Waals surface area contributed by atoms with Crippen LogP contribution in [0.2, 0.25) is 0 Å². The van der Waals surface area contributed by atoms with Crippen molar-refractivity contribution in [2.45, 2.75) is 6.92 Å². The number of carbonyl (C=O) groups excluding carboxylic acids is 1. The zero-order valence-electron chi connectivity index (χ0n) is 7.64. The van der Waals surface area contributed by atoms with Crippen molar-refractivity contribution in [1.82, 2.24) is 0 Å². The van der Waals surface area contributed by atoms with Crippen LogP contribution in [0.15, 0.2) is 36.5 Å². The van der Waals surface area contributed by atoms with Gasteiger partial charge in [0.25, 0.3) is 0 Å². The molecule has 3 nitrogen and oxygen atoms in total. The predicted molar refractivity (Wildman–Crippen MR) is 51.1 cm³/mol. The summed E-state index contributed by atoms with van der Waals surface area (Å²) in [5.74, 6) is -0.349. The molecular weight excluding hydrogens is 168 g/mol. The first-order valence-corrected chi connectivity index (χ1v) is 4.08. The lowest BCUT2D eigenvalue weighted by atomic mass is 10.4. The molecule has 0 aliphatic carbocycles. The maximum atomic E-state index is 10.7. The molecule has 0 aliphatic heterocycles. The van der Waals surface area contributed by atoms with Crippen LogP contribution < -0.4 is 0 Å². The van der Waals surface area contributed by atoms with Crippen LogP contribution in [0, 0.1) is 0 Å². The molecule has 0 bridgehead atoms. The van der Waals surface area contributed by atoms with Crippen LogP contribution in [-0.2, 0) is 9.53 Å². The lowest BCUT2D eigenvalue weighted by Gasteiger charge is -1.92. The molecule has 13 heavy (non-hydrogen) atoms. The summed E-state index contributed by atoms with van der Waals surface area (Å²) in [7, 11) is 0. The van der Waals surface area contributed by atoms with Gasteiger partial charge in [0, 0.05) is 6.08 Å². The third-order valence-electron chi connectivity index (χ3n) is 1.09. The Kier molecular flexibility index (Phi) is 7.84. The highest BCUT2D eigenvalue weighted by atomic mass is 16.5. The Morgan fingerprint density at radius 1 is 1.31 bits per heavy atom. The van der Waals surface area contributed by atoms with E-state index >= 15 is 0 Å². The van der Waals surface area contributed by atoms with Gasteiger partial charge in [0.2, 0.25) is 0 Å². The zero-order chi connectivity index (χ0) is 9.94. The fraction of sp³-hybridized carbons (Fsp3) is 0.300. The average Bonchev–Trinajstić information content (AvgIpc) is 2.11. The summed E-state index contributed by atoms with van der Waals surface area (Å²) in [5, 5.41) is 8.37. The molecule has 0 saturated heterocycles. The molecule has 0 saturated carbocycles. The molecule has 0 aromatic heterocycles. The molecular formula is C10H14O3. The topological polar surface area (TPSA) is 46.5 Å². The predicted octanol–water partition coefficient (Wildman–Crippen LogP) is 1.21. The van der Waals surface area contributed by atoms with Crippen molar-refractivity contribution in [2.24, 2.45) is 0 Å². The smallest absolute Gasteiger partial charge is 0.330 e. The molecule has 0 unspecified atom stereocenters. The van der Waals surface area contributed by atoms with Crippen LogP contribution in [-0.4, -0.2) is 24.3 Å². The average molecular weight is 182 g/mol. The molecule has 0 radical (unpaired) electrons. The van der Waals surface area contributed by atoms with Crippen molar-refractivity contribution < 1.29 is 14.6 Å². The highest BCUT2D eigenvalue weighted by Crippen LogP contribution is 1.83. The molecule has 0 rings (SSSR count). The van der Waals surface area contributed by atoms with E-state index in [2.05, 4.69) is 4.74 Å². The normalized spacial score (nSPS) is 11.8. The second kappa shape index (κ2) is 8.74. The summed E-state index contributed by atoms with van der Waals surface area (Å²) in [6.07, 6.45) is 9.60. The summed E-state index contributed by atoms with van der Waals surface area (Å²) < 4.78 is 4.65. The highest BCUT2D eigenvalue weighted by Gasteiger charge is 1.89. The minimum absolute atomic E-state index is 0.0198. The number of rotatable bonds is 5. The Morgan fingerprint density at radius 2 is 2.00 bits per heavy atom. The van der Waals surface area contributed by atoms with Crippen molar-refractivity contribution in [1.29, 1.82) is 0 Å². The quantitative estimate of drug-likeness (QED) is 0.395. The molecule has 0 heterocycles. The second-order valence-corrected chi connectivity index (χ2v) is 2.11. The van der Waals surface area contributed by atoms with Gasteiger partial charge in [-0.1, -0.05) is 30.4 Å². The number of esters is 1. The van der Waals surface area contributed by atoms with Crippen LogP contribution in [0.1, 0.15) is 6.92 Å². The van der Waals surface area contributed by atoms with E-state index in [0.717, 1.165) is 0 Å². The Morgan fingerprint density at radius 3 is 2.62 bits per heavy atom. The van der Waals surface area contributed by atoms with Crippen LogP contribution >= 0.6 is 0 Å². The monoisotopic (exact) mass is 182 g/mol. The molecule has 0 spiro atoms. The first-order valence-electron chi connectivity index (χ1n) is 4.08. The maximum absolute atomic E-state index is 10.7. The minimum Gasteiger partial charge on any atom is -0.463 e. The van der Waals surface area contributed by atoms with E-state index in [4.69, 9.17) is 5.11 Å². The van der Waals surface area contributed by atoms with Crippen molar-refractivity contribution in [3.8, 4) is 0 Å². The van der Waals surface area contributed by atoms with E-state index in [1.807, 2.05) is 0 Å². The molecule has 0 aliphatic rings. The second-order valence-electron chi connectivity index (χ2n) is 2.11. The third-order valence-corrected chi connectivity index (χ3v) is 1.09. The number of aliphatic hydroxyl groups is 1. The molecule has 0 atom stereocenters. The van der Waals surface area contributed by atoms with Gasteiger partial charge in [-0.05, 0) is 6.92 Å². The Bertz CT molecular complexity index is 214. The lowest BCUT2D eigenvalue weighted by Crippen LogP contribution is -1.98. The van der Waals surface area contributed by atoms with Crippen molar-refractivity contribution in [3.63, 3.8) is 0 Å². The van der Waals surface area contributed by atoms with Gasteiger partial charge < -0.3 is 9.84 Å². The standard InChI is InChI=1S/C10H14O3/c1-2-13-10(12)8-6-4-3-5-7-9-11/h3-8,11H,2,9H2,1H3/b4-3+,7-5+,8-6+. The highest BCUT2D eigenvalue weighted by molar-refractivity contribution is 5.82. The molecule has 0 aromatic rings. The summed E-state index contributed by atoms with van der Waals surface area (Å²) in [5.41, 5.74) is 0. The van der Waals surface area contributed by atoms with E-state index in [-0.39, 0.29) is 12.6 Å². The number of aliphatic hydroxyl groups excluding tert-OH is 1. The Labute approximate surface area is 78.0 Å².